The number of pyridine rings is 1. The van der Waals surface area contributed by atoms with Crippen molar-refractivity contribution in [3.05, 3.63) is 60.0 Å². The normalized spacial score (nSPS) is 11.0. The van der Waals surface area contributed by atoms with E-state index in [-0.39, 0.29) is 0 Å². The fourth-order valence-electron chi connectivity index (χ4n) is 2.50. The van der Waals surface area contributed by atoms with E-state index in [0.717, 1.165) is 27.8 Å². The summed E-state index contributed by atoms with van der Waals surface area (Å²) in [6, 6.07) is 13.7. The lowest BCUT2D eigenvalue weighted by atomic mass is 10.1. The number of thioether (sulfide) groups is 1. The first-order chi connectivity index (χ1) is 12.7. The van der Waals surface area contributed by atoms with E-state index < -0.39 is 0 Å². The van der Waals surface area contributed by atoms with E-state index in [0.29, 0.717) is 17.5 Å². The molecule has 0 atom stereocenters. The van der Waals surface area contributed by atoms with Crippen LogP contribution in [0.15, 0.2) is 58.3 Å². The van der Waals surface area contributed by atoms with Crippen LogP contribution in [0.5, 0.6) is 0 Å². The number of benzene rings is 1. The SMILES string of the molecule is Cc1cccc(-c2nc(CSc3nnc(-c4ccccn4)n3C)no2)c1. The third-order valence-electron chi connectivity index (χ3n) is 3.79. The number of hydrogen-bond donors (Lipinski definition) is 0. The lowest BCUT2D eigenvalue weighted by molar-refractivity contribution is 0.425. The summed E-state index contributed by atoms with van der Waals surface area (Å²) in [5.41, 5.74) is 2.86. The summed E-state index contributed by atoms with van der Waals surface area (Å²) in [4.78, 5) is 8.78. The molecule has 0 saturated carbocycles. The summed E-state index contributed by atoms with van der Waals surface area (Å²) < 4.78 is 7.28. The molecule has 0 fully saturated rings. The molecule has 130 valence electrons. The third kappa shape index (κ3) is 3.36. The van der Waals surface area contributed by atoms with Crippen LogP contribution in [0.2, 0.25) is 0 Å². The Morgan fingerprint density at radius 1 is 1.12 bits per heavy atom. The Morgan fingerprint density at radius 3 is 2.85 bits per heavy atom. The summed E-state index contributed by atoms with van der Waals surface area (Å²) >= 11 is 1.50. The van der Waals surface area contributed by atoms with Gasteiger partial charge in [0.1, 0.15) is 5.69 Å². The molecular weight excluding hydrogens is 348 g/mol. The van der Waals surface area contributed by atoms with E-state index in [1.165, 1.54) is 11.8 Å². The van der Waals surface area contributed by atoms with Gasteiger partial charge >= 0.3 is 0 Å². The molecule has 8 heteroatoms. The summed E-state index contributed by atoms with van der Waals surface area (Å²) in [5, 5.41) is 13.3. The summed E-state index contributed by atoms with van der Waals surface area (Å²) in [5.74, 6) is 2.41. The number of aryl methyl sites for hydroxylation is 1. The quantitative estimate of drug-likeness (QED) is 0.501. The van der Waals surface area contributed by atoms with Crippen LogP contribution >= 0.6 is 11.8 Å². The van der Waals surface area contributed by atoms with E-state index >= 15 is 0 Å². The van der Waals surface area contributed by atoms with Crippen molar-refractivity contribution in [1.82, 2.24) is 29.9 Å². The fraction of sp³-hybridized carbons (Fsp3) is 0.167. The van der Waals surface area contributed by atoms with E-state index in [4.69, 9.17) is 4.52 Å². The fourth-order valence-corrected chi connectivity index (χ4v) is 3.25. The van der Waals surface area contributed by atoms with E-state index in [1.807, 2.05) is 61.0 Å². The lowest BCUT2D eigenvalue weighted by Crippen LogP contribution is -1.96. The molecular formula is C18H16N6OS. The predicted octanol–water partition coefficient (Wildman–Crippen LogP) is 3.53. The average molecular weight is 364 g/mol. The largest absolute Gasteiger partial charge is 0.334 e. The molecule has 4 aromatic rings. The standard InChI is InChI=1S/C18H16N6OS/c1-12-6-5-7-13(10-12)17-20-15(23-25-17)11-26-18-22-21-16(24(18)2)14-8-3-4-9-19-14/h3-10H,11H2,1-2H3. The molecule has 3 aromatic heterocycles. The molecule has 0 radical (unpaired) electrons. The second-order valence-electron chi connectivity index (χ2n) is 5.75. The monoisotopic (exact) mass is 364 g/mol. The molecule has 4 rings (SSSR count). The average Bonchev–Trinajstić information content (AvgIpc) is 3.28. The first kappa shape index (κ1) is 16.5. The lowest BCUT2D eigenvalue weighted by Gasteiger charge is -2.01. The second kappa shape index (κ2) is 7.09. The van der Waals surface area contributed by atoms with Crippen LogP contribution in [0.4, 0.5) is 0 Å². The van der Waals surface area contributed by atoms with Gasteiger partial charge in [0.15, 0.2) is 16.8 Å². The molecule has 0 saturated heterocycles. The van der Waals surface area contributed by atoms with Gasteiger partial charge in [-0.1, -0.05) is 40.7 Å². The van der Waals surface area contributed by atoms with Gasteiger partial charge in [-0.3, -0.25) is 4.98 Å². The Hall–Kier alpha value is -3.00. The van der Waals surface area contributed by atoms with Gasteiger partial charge in [0.2, 0.25) is 0 Å². The molecule has 0 N–H and O–H groups in total. The van der Waals surface area contributed by atoms with Crippen LogP contribution < -0.4 is 0 Å². The first-order valence-corrected chi connectivity index (χ1v) is 9.02. The van der Waals surface area contributed by atoms with Crippen molar-refractivity contribution in [3.63, 3.8) is 0 Å². The van der Waals surface area contributed by atoms with Crippen LogP contribution in [0, 0.1) is 6.92 Å². The van der Waals surface area contributed by atoms with Crippen molar-refractivity contribution in [2.45, 2.75) is 17.8 Å². The van der Waals surface area contributed by atoms with Gasteiger partial charge in [-0.2, -0.15) is 4.98 Å². The van der Waals surface area contributed by atoms with Gasteiger partial charge in [0, 0.05) is 18.8 Å². The molecule has 3 heterocycles. The van der Waals surface area contributed by atoms with Gasteiger partial charge in [0.05, 0.1) is 5.75 Å². The zero-order valence-corrected chi connectivity index (χ0v) is 15.1. The van der Waals surface area contributed by atoms with E-state index in [2.05, 4.69) is 25.3 Å². The molecule has 0 amide bonds. The minimum absolute atomic E-state index is 0.524. The van der Waals surface area contributed by atoms with Gasteiger partial charge in [-0.05, 0) is 31.2 Å². The Morgan fingerprint density at radius 2 is 2.04 bits per heavy atom. The highest BCUT2D eigenvalue weighted by Gasteiger charge is 2.14. The maximum Gasteiger partial charge on any atom is 0.257 e. The second-order valence-corrected chi connectivity index (χ2v) is 6.70. The van der Waals surface area contributed by atoms with Gasteiger partial charge in [-0.15, -0.1) is 10.2 Å². The molecule has 0 aliphatic rings. The Kier molecular flexibility index (Phi) is 4.49. The molecule has 1 aromatic carbocycles. The zero-order chi connectivity index (χ0) is 17.9. The third-order valence-corrected chi connectivity index (χ3v) is 4.81. The van der Waals surface area contributed by atoms with Crippen molar-refractivity contribution in [1.29, 1.82) is 0 Å². The molecule has 26 heavy (non-hydrogen) atoms. The number of hydrogen-bond acceptors (Lipinski definition) is 7. The molecule has 0 aliphatic carbocycles. The van der Waals surface area contributed by atoms with Crippen molar-refractivity contribution >= 4 is 11.8 Å². The Balaban J connectivity index is 1.48. The van der Waals surface area contributed by atoms with Gasteiger partial charge in [0.25, 0.3) is 5.89 Å². The summed E-state index contributed by atoms with van der Waals surface area (Å²) in [7, 11) is 1.92. The minimum atomic E-state index is 0.524. The van der Waals surface area contributed by atoms with Crippen molar-refractivity contribution < 1.29 is 4.52 Å². The number of aromatic nitrogens is 6. The van der Waals surface area contributed by atoms with E-state index in [1.54, 1.807) is 6.20 Å². The Bertz CT molecular complexity index is 1030. The Labute approximate surface area is 154 Å². The van der Waals surface area contributed by atoms with Crippen LogP contribution in [0.1, 0.15) is 11.4 Å². The maximum atomic E-state index is 5.37. The highest BCUT2D eigenvalue weighted by molar-refractivity contribution is 7.98. The van der Waals surface area contributed by atoms with E-state index in [9.17, 15) is 0 Å². The molecule has 0 aliphatic heterocycles. The predicted molar refractivity (Wildman–Crippen MR) is 98.3 cm³/mol. The smallest absolute Gasteiger partial charge is 0.257 e. The minimum Gasteiger partial charge on any atom is -0.334 e. The van der Waals surface area contributed by atoms with Crippen LogP contribution in [-0.4, -0.2) is 29.9 Å². The summed E-state index contributed by atoms with van der Waals surface area (Å²) in [6.45, 7) is 2.03. The number of rotatable bonds is 5. The van der Waals surface area contributed by atoms with Crippen molar-refractivity contribution in [2.24, 2.45) is 7.05 Å². The van der Waals surface area contributed by atoms with Crippen LogP contribution in [0.3, 0.4) is 0 Å². The molecule has 0 spiro atoms. The highest BCUT2D eigenvalue weighted by Crippen LogP contribution is 2.25. The van der Waals surface area contributed by atoms with Crippen molar-refractivity contribution in [2.75, 3.05) is 0 Å². The van der Waals surface area contributed by atoms with Gasteiger partial charge in [-0.25, -0.2) is 0 Å². The first-order valence-electron chi connectivity index (χ1n) is 8.04. The zero-order valence-electron chi connectivity index (χ0n) is 14.3. The maximum absolute atomic E-state index is 5.37. The highest BCUT2D eigenvalue weighted by atomic mass is 32.2. The topological polar surface area (TPSA) is 82.5 Å². The van der Waals surface area contributed by atoms with Gasteiger partial charge < -0.3 is 9.09 Å². The van der Waals surface area contributed by atoms with Crippen LogP contribution in [0.25, 0.3) is 23.0 Å². The molecule has 0 unspecified atom stereocenters. The molecule has 7 nitrogen and oxygen atoms in total. The number of nitrogens with zero attached hydrogens (tertiary/aromatic N) is 6. The summed E-state index contributed by atoms with van der Waals surface area (Å²) in [6.07, 6.45) is 1.74. The molecule has 0 bridgehead atoms. The van der Waals surface area contributed by atoms with Crippen molar-refractivity contribution in [3.8, 4) is 23.0 Å². The van der Waals surface area contributed by atoms with Crippen LogP contribution in [-0.2, 0) is 12.8 Å².